The maximum Gasteiger partial charge on any atom is 0.404 e. The maximum absolute atomic E-state index is 9.49. The van der Waals surface area contributed by atoms with Gasteiger partial charge in [0.15, 0.2) is 5.75 Å². The lowest BCUT2D eigenvalue weighted by atomic mass is 9.91. The number of rotatable bonds is 2. The molecule has 2 aliphatic rings. The summed E-state index contributed by atoms with van der Waals surface area (Å²) >= 11 is 12.7. The summed E-state index contributed by atoms with van der Waals surface area (Å²) in [4.78, 5) is 9.49. The average Bonchev–Trinajstić information content (AvgIpc) is 3.04. The number of halogens is 2. The number of ether oxygens (including phenoxy) is 1. The zero-order valence-corrected chi connectivity index (χ0v) is 15.0. The quantitative estimate of drug-likeness (QED) is 0.751. The summed E-state index contributed by atoms with van der Waals surface area (Å²) < 4.78 is 5.30. The van der Waals surface area contributed by atoms with E-state index in [9.17, 15) is 4.79 Å². The Hall–Kier alpha value is -1.17. The Balaban J connectivity index is 0.000000277. The summed E-state index contributed by atoms with van der Waals surface area (Å²) in [7, 11) is 1.61. The van der Waals surface area contributed by atoms with Crippen LogP contribution in [0.4, 0.5) is 4.79 Å². The largest absolute Gasteiger partial charge is 0.494 e. The molecule has 1 fully saturated rings. The van der Waals surface area contributed by atoms with E-state index in [0.29, 0.717) is 40.1 Å². The first-order valence-corrected chi connectivity index (χ1v) is 8.41. The highest BCUT2D eigenvalue weighted by Gasteiger charge is 2.43. The first-order valence-electron chi connectivity index (χ1n) is 7.65. The molecule has 0 aromatic heterocycles. The predicted octanol–water partition coefficient (Wildman–Crippen LogP) is 3.70. The monoisotopic (exact) mass is 360 g/mol. The van der Waals surface area contributed by atoms with Gasteiger partial charge in [0, 0.05) is 19.0 Å². The highest BCUT2D eigenvalue weighted by molar-refractivity contribution is 6.38. The molecule has 1 aromatic rings. The van der Waals surface area contributed by atoms with Gasteiger partial charge in [-0.3, -0.25) is 0 Å². The summed E-state index contributed by atoms with van der Waals surface area (Å²) in [6.45, 7) is 6.54. The van der Waals surface area contributed by atoms with Gasteiger partial charge in [-0.05, 0) is 42.5 Å². The second-order valence-electron chi connectivity index (χ2n) is 5.76. The number of fused-ring (bicyclic) bond motifs is 3. The van der Waals surface area contributed by atoms with Crippen LogP contribution in [0.2, 0.25) is 10.0 Å². The van der Waals surface area contributed by atoms with Crippen molar-refractivity contribution in [2.45, 2.75) is 25.7 Å². The maximum atomic E-state index is 9.49. The van der Waals surface area contributed by atoms with Crippen molar-refractivity contribution in [1.29, 1.82) is 0 Å². The predicted molar refractivity (Wildman–Crippen MR) is 92.2 cm³/mol. The van der Waals surface area contributed by atoms with Gasteiger partial charge in [-0.2, -0.15) is 0 Å². The summed E-state index contributed by atoms with van der Waals surface area (Å²) in [6, 6.07) is 2.03. The van der Waals surface area contributed by atoms with Crippen LogP contribution >= 0.6 is 23.2 Å². The SMILES string of the molecule is CCNC(=O)O.COc1c(Cl)cc2c(c1Cl)C1CNCC1C2C. The smallest absolute Gasteiger partial charge is 0.404 e. The van der Waals surface area contributed by atoms with Gasteiger partial charge in [-0.15, -0.1) is 0 Å². The van der Waals surface area contributed by atoms with Crippen LogP contribution in [-0.4, -0.2) is 37.9 Å². The van der Waals surface area contributed by atoms with Crippen LogP contribution in [0.3, 0.4) is 0 Å². The highest BCUT2D eigenvalue weighted by Crippen LogP contribution is 2.54. The summed E-state index contributed by atoms with van der Waals surface area (Å²) in [6.07, 6.45) is -0.961. The molecule has 3 unspecified atom stereocenters. The fraction of sp³-hybridized carbons (Fsp3) is 0.562. The Bertz CT molecular complexity index is 595. The molecular formula is C16H22Cl2N2O3. The third kappa shape index (κ3) is 3.52. The summed E-state index contributed by atoms with van der Waals surface area (Å²) in [5, 5.41) is 14.7. The lowest BCUT2D eigenvalue weighted by Gasteiger charge is -2.14. The normalized spacial score (nSPS) is 24.3. The van der Waals surface area contributed by atoms with E-state index >= 15 is 0 Å². The summed E-state index contributed by atoms with van der Waals surface area (Å²) in [5.41, 5.74) is 2.55. The van der Waals surface area contributed by atoms with E-state index in [2.05, 4.69) is 17.6 Å². The average molecular weight is 361 g/mol. The molecule has 3 N–H and O–H groups in total. The van der Waals surface area contributed by atoms with Crippen molar-refractivity contribution in [2.24, 2.45) is 5.92 Å². The molecule has 7 heteroatoms. The van der Waals surface area contributed by atoms with Gasteiger partial charge in [0.05, 0.1) is 17.2 Å². The number of hydrogen-bond acceptors (Lipinski definition) is 3. The Kier molecular flexibility index (Phi) is 6.00. The molecule has 1 saturated heterocycles. The van der Waals surface area contributed by atoms with Crippen LogP contribution in [0.5, 0.6) is 5.75 Å². The number of methoxy groups -OCH3 is 1. The zero-order chi connectivity index (χ0) is 17.1. The highest BCUT2D eigenvalue weighted by atomic mass is 35.5. The van der Waals surface area contributed by atoms with Crippen LogP contribution in [0, 0.1) is 5.92 Å². The Labute approximate surface area is 146 Å². The fourth-order valence-corrected chi connectivity index (χ4v) is 4.26. The van der Waals surface area contributed by atoms with E-state index in [1.807, 2.05) is 6.07 Å². The number of benzene rings is 1. The van der Waals surface area contributed by atoms with Crippen LogP contribution in [0.1, 0.15) is 36.8 Å². The molecule has 0 bridgehead atoms. The molecule has 0 saturated carbocycles. The van der Waals surface area contributed by atoms with Crippen molar-refractivity contribution in [2.75, 3.05) is 26.7 Å². The van der Waals surface area contributed by atoms with Crippen molar-refractivity contribution in [1.82, 2.24) is 10.6 Å². The van der Waals surface area contributed by atoms with E-state index in [1.54, 1.807) is 14.0 Å². The van der Waals surface area contributed by atoms with Crippen LogP contribution in [-0.2, 0) is 0 Å². The number of hydrogen-bond donors (Lipinski definition) is 3. The molecular weight excluding hydrogens is 339 g/mol. The van der Waals surface area contributed by atoms with E-state index in [-0.39, 0.29) is 0 Å². The first kappa shape index (κ1) is 18.2. The molecule has 5 nitrogen and oxygen atoms in total. The van der Waals surface area contributed by atoms with Crippen molar-refractivity contribution < 1.29 is 14.6 Å². The summed E-state index contributed by atoms with van der Waals surface area (Å²) in [5.74, 6) is 2.29. The third-order valence-corrected chi connectivity index (χ3v) is 5.20. The number of carboxylic acid groups (broad SMARTS) is 1. The van der Waals surface area contributed by atoms with E-state index in [0.717, 1.165) is 13.1 Å². The van der Waals surface area contributed by atoms with Crippen LogP contribution in [0.25, 0.3) is 0 Å². The van der Waals surface area contributed by atoms with Crippen molar-refractivity contribution >= 4 is 29.3 Å². The van der Waals surface area contributed by atoms with Crippen molar-refractivity contribution in [3.05, 3.63) is 27.2 Å². The van der Waals surface area contributed by atoms with Gasteiger partial charge < -0.3 is 20.5 Å². The lowest BCUT2D eigenvalue weighted by molar-refractivity contribution is 0.195. The Morgan fingerprint density at radius 2 is 2.17 bits per heavy atom. The van der Waals surface area contributed by atoms with Gasteiger partial charge in [0.25, 0.3) is 0 Å². The molecule has 3 atom stereocenters. The van der Waals surface area contributed by atoms with Gasteiger partial charge in [-0.25, -0.2) is 4.79 Å². The number of amides is 1. The number of nitrogens with one attached hydrogen (secondary N) is 2. The second kappa shape index (κ2) is 7.60. The molecule has 1 aliphatic heterocycles. The van der Waals surface area contributed by atoms with E-state index in [4.69, 9.17) is 33.0 Å². The van der Waals surface area contributed by atoms with Gasteiger partial charge in [0.1, 0.15) is 0 Å². The Morgan fingerprint density at radius 1 is 1.48 bits per heavy atom. The minimum Gasteiger partial charge on any atom is -0.494 e. The second-order valence-corrected chi connectivity index (χ2v) is 6.55. The lowest BCUT2D eigenvalue weighted by Crippen LogP contribution is -2.19. The van der Waals surface area contributed by atoms with Crippen LogP contribution in [0.15, 0.2) is 6.07 Å². The van der Waals surface area contributed by atoms with Crippen molar-refractivity contribution in [3.8, 4) is 5.75 Å². The molecule has 0 radical (unpaired) electrons. The van der Waals surface area contributed by atoms with Gasteiger partial charge in [-0.1, -0.05) is 30.1 Å². The topological polar surface area (TPSA) is 70.6 Å². The molecule has 3 rings (SSSR count). The van der Waals surface area contributed by atoms with Crippen molar-refractivity contribution in [3.63, 3.8) is 0 Å². The van der Waals surface area contributed by atoms with Gasteiger partial charge in [0.2, 0.25) is 0 Å². The minimum atomic E-state index is -0.961. The minimum absolute atomic E-state index is 0.481. The third-order valence-electron chi connectivity index (χ3n) is 4.54. The van der Waals surface area contributed by atoms with Crippen LogP contribution < -0.4 is 15.4 Å². The zero-order valence-electron chi connectivity index (χ0n) is 13.5. The Morgan fingerprint density at radius 3 is 2.70 bits per heavy atom. The fourth-order valence-electron chi connectivity index (χ4n) is 3.50. The molecule has 1 aliphatic carbocycles. The van der Waals surface area contributed by atoms with Gasteiger partial charge >= 0.3 is 6.09 Å². The molecule has 1 heterocycles. The number of carbonyl (C=O) groups is 1. The molecule has 23 heavy (non-hydrogen) atoms. The molecule has 1 amide bonds. The molecule has 128 valence electrons. The molecule has 0 spiro atoms. The first-order chi connectivity index (χ1) is 10.9. The standard InChI is InChI=1S/C13H15Cl2NO.C3H7NO2/c1-6-7-3-10(14)13(17-2)12(15)11(7)9-5-16-4-8(6)9;1-2-4-3(5)6/h3,6,8-9,16H,4-5H2,1-2H3;4H,2H2,1H3,(H,5,6). The van der Waals surface area contributed by atoms with E-state index < -0.39 is 6.09 Å². The molecule has 1 aromatic carbocycles. The van der Waals surface area contributed by atoms with E-state index in [1.165, 1.54) is 11.1 Å².